The maximum Gasteiger partial charge on any atom is 0.336 e. The SMILES string of the molecule is O=C(OCc1cc(=O)oc2cc3c(cc12)CCC3)C1(c2ccc(Cl)cc2)CCCC1. The van der Waals surface area contributed by atoms with Gasteiger partial charge in [-0.15, -0.1) is 0 Å². The van der Waals surface area contributed by atoms with Crippen LogP contribution in [0.1, 0.15) is 54.4 Å². The average Bonchev–Trinajstić information content (AvgIpc) is 3.40. The molecule has 0 amide bonds. The van der Waals surface area contributed by atoms with Gasteiger partial charge in [0.1, 0.15) is 12.2 Å². The Hall–Kier alpha value is -2.59. The molecule has 0 N–H and O–H groups in total. The Balaban J connectivity index is 1.45. The van der Waals surface area contributed by atoms with Crippen molar-refractivity contribution < 1.29 is 13.9 Å². The molecule has 5 heteroatoms. The van der Waals surface area contributed by atoms with E-state index < -0.39 is 11.0 Å². The molecule has 1 aromatic heterocycles. The third-order valence-electron chi connectivity index (χ3n) is 6.65. The Morgan fingerprint density at radius 3 is 2.43 bits per heavy atom. The number of ether oxygens (including phenoxy) is 1. The molecule has 0 aliphatic heterocycles. The van der Waals surface area contributed by atoms with Crippen LogP contribution in [0.15, 0.2) is 51.7 Å². The van der Waals surface area contributed by atoms with Crippen LogP contribution in [0.2, 0.25) is 5.02 Å². The third-order valence-corrected chi connectivity index (χ3v) is 6.90. The van der Waals surface area contributed by atoms with Crippen molar-refractivity contribution in [3.8, 4) is 0 Å². The predicted molar refractivity (Wildman–Crippen MR) is 116 cm³/mol. The van der Waals surface area contributed by atoms with Crippen molar-refractivity contribution in [2.24, 2.45) is 0 Å². The molecule has 2 aromatic carbocycles. The summed E-state index contributed by atoms with van der Waals surface area (Å²) < 4.78 is 11.3. The van der Waals surface area contributed by atoms with Gasteiger partial charge in [0.05, 0.1) is 5.41 Å². The number of rotatable bonds is 4. The number of halogens is 1. The van der Waals surface area contributed by atoms with E-state index in [0.717, 1.165) is 55.9 Å². The van der Waals surface area contributed by atoms with Gasteiger partial charge in [0.25, 0.3) is 0 Å². The molecular formula is C25H23ClO4. The number of carbonyl (C=O) groups is 1. The molecule has 5 rings (SSSR count). The number of fused-ring (bicyclic) bond motifs is 2. The number of hydrogen-bond acceptors (Lipinski definition) is 4. The van der Waals surface area contributed by atoms with Gasteiger partial charge >= 0.3 is 11.6 Å². The average molecular weight is 423 g/mol. The van der Waals surface area contributed by atoms with E-state index in [9.17, 15) is 9.59 Å². The Bertz CT molecular complexity index is 1170. The summed E-state index contributed by atoms with van der Waals surface area (Å²) in [6, 6.07) is 13.0. The smallest absolute Gasteiger partial charge is 0.336 e. The van der Waals surface area contributed by atoms with Crippen LogP contribution in [-0.4, -0.2) is 5.97 Å². The minimum Gasteiger partial charge on any atom is -0.460 e. The Kier molecular flexibility index (Phi) is 4.90. The van der Waals surface area contributed by atoms with Gasteiger partial charge in [0.2, 0.25) is 0 Å². The summed E-state index contributed by atoms with van der Waals surface area (Å²) in [5.74, 6) is -0.232. The van der Waals surface area contributed by atoms with Crippen LogP contribution in [0, 0.1) is 0 Å². The van der Waals surface area contributed by atoms with E-state index in [1.54, 1.807) is 0 Å². The molecule has 154 valence electrons. The zero-order valence-electron chi connectivity index (χ0n) is 16.7. The Morgan fingerprint density at radius 1 is 1.00 bits per heavy atom. The molecule has 1 heterocycles. The summed E-state index contributed by atoms with van der Waals surface area (Å²) in [6.45, 7) is 0.0645. The second-order valence-electron chi connectivity index (χ2n) is 8.43. The van der Waals surface area contributed by atoms with Crippen LogP contribution in [0.5, 0.6) is 0 Å². The second kappa shape index (κ2) is 7.59. The summed E-state index contributed by atoms with van der Waals surface area (Å²) in [4.78, 5) is 25.4. The first-order chi connectivity index (χ1) is 14.5. The molecule has 0 saturated heterocycles. The minimum atomic E-state index is -0.638. The minimum absolute atomic E-state index is 0.0645. The van der Waals surface area contributed by atoms with Crippen molar-refractivity contribution in [1.82, 2.24) is 0 Å². The topological polar surface area (TPSA) is 56.5 Å². The van der Waals surface area contributed by atoms with Crippen molar-refractivity contribution >= 4 is 28.5 Å². The van der Waals surface area contributed by atoms with Crippen LogP contribution in [0.25, 0.3) is 11.0 Å². The molecule has 4 nitrogen and oxygen atoms in total. The molecule has 3 aromatic rings. The van der Waals surface area contributed by atoms with Crippen molar-refractivity contribution in [2.45, 2.75) is 57.0 Å². The zero-order valence-corrected chi connectivity index (χ0v) is 17.5. The molecule has 0 atom stereocenters. The highest BCUT2D eigenvalue weighted by Gasteiger charge is 2.44. The number of hydrogen-bond donors (Lipinski definition) is 0. The molecule has 0 unspecified atom stereocenters. The predicted octanol–water partition coefficient (Wildman–Crippen LogP) is 5.49. The first-order valence-corrected chi connectivity index (χ1v) is 10.9. The van der Waals surface area contributed by atoms with Gasteiger partial charge in [-0.05, 0) is 73.1 Å². The fraction of sp³-hybridized carbons (Fsp3) is 0.360. The van der Waals surface area contributed by atoms with E-state index in [4.69, 9.17) is 20.8 Å². The lowest BCUT2D eigenvalue weighted by Gasteiger charge is -2.27. The van der Waals surface area contributed by atoms with Gasteiger partial charge in [-0.1, -0.05) is 36.6 Å². The highest BCUT2D eigenvalue weighted by Crippen LogP contribution is 2.42. The van der Waals surface area contributed by atoms with Crippen molar-refractivity contribution in [3.63, 3.8) is 0 Å². The molecule has 2 aliphatic rings. The zero-order chi connectivity index (χ0) is 20.7. The number of benzene rings is 2. The van der Waals surface area contributed by atoms with Gasteiger partial charge in [-0.25, -0.2) is 4.79 Å². The van der Waals surface area contributed by atoms with Gasteiger partial charge in [0.15, 0.2) is 0 Å². The van der Waals surface area contributed by atoms with Crippen LogP contribution >= 0.6 is 11.6 Å². The van der Waals surface area contributed by atoms with E-state index in [1.807, 2.05) is 30.3 Å². The molecule has 1 fully saturated rings. The molecule has 0 bridgehead atoms. The third kappa shape index (κ3) is 3.33. The fourth-order valence-corrected chi connectivity index (χ4v) is 5.18. The first-order valence-electron chi connectivity index (χ1n) is 10.6. The number of carbonyl (C=O) groups excluding carboxylic acids is 1. The summed E-state index contributed by atoms with van der Waals surface area (Å²) in [7, 11) is 0. The normalized spacial score (nSPS) is 17.2. The highest BCUT2D eigenvalue weighted by molar-refractivity contribution is 6.30. The molecule has 30 heavy (non-hydrogen) atoms. The molecule has 0 radical (unpaired) electrons. The Morgan fingerprint density at radius 2 is 1.70 bits per heavy atom. The molecule has 2 aliphatic carbocycles. The van der Waals surface area contributed by atoms with Gasteiger partial charge < -0.3 is 9.15 Å². The standard InChI is InChI=1S/C25H23ClO4/c26-20-8-6-19(7-9-20)25(10-1-2-11-25)24(28)29-15-18-14-23(27)30-22-13-17-5-3-4-16(17)12-21(18)22/h6-9,12-14H,1-5,10-11,15H2. The van der Waals surface area contributed by atoms with E-state index >= 15 is 0 Å². The monoisotopic (exact) mass is 422 g/mol. The van der Waals surface area contributed by atoms with Crippen LogP contribution in [-0.2, 0) is 34.4 Å². The van der Waals surface area contributed by atoms with E-state index in [2.05, 4.69) is 6.07 Å². The van der Waals surface area contributed by atoms with Crippen LogP contribution < -0.4 is 5.63 Å². The molecule has 0 spiro atoms. The lowest BCUT2D eigenvalue weighted by Crippen LogP contribution is -2.34. The summed E-state index contributed by atoms with van der Waals surface area (Å²) in [5, 5.41) is 1.50. The van der Waals surface area contributed by atoms with E-state index in [1.165, 1.54) is 17.2 Å². The van der Waals surface area contributed by atoms with Crippen LogP contribution in [0.4, 0.5) is 0 Å². The van der Waals surface area contributed by atoms with Crippen molar-refractivity contribution in [1.29, 1.82) is 0 Å². The summed E-state index contributed by atoms with van der Waals surface area (Å²) in [6.07, 6.45) is 6.66. The fourth-order valence-electron chi connectivity index (χ4n) is 5.05. The summed E-state index contributed by atoms with van der Waals surface area (Å²) >= 11 is 6.04. The maximum atomic E-state index is 13.3. The van der Waals surface area contributed by atoms with Gasteiger partial charge in [0, 0.05) is 22.0 Å². The largest absolute Gasteiger partial charge is 0.460 e. The number of esters is 1. The van der Waals surface area contributed by atoms with Crippen molar-refractivity contribution in [2.75, 3.05) is 0 Å². The van der Waals surface area contributed by atoms with Crippen molar-refractivity contribution in [3.05, 3.63) is 80.2 Å². The first kappa shape index (κ1) is 19.4. The van der Waals surface area contributed by atoms with E-state index in [-0.39, 0.29) is 12.6 Å². The van der Waals surface area contributed by atoms with Crippen LogP contribution in [0.3, 0.4) is 0 Å². The highest BCUT2D eigenvalue weighted by atomic mass is 35.5. The molecule has 1 saturated carbocycles. The van der Waals surface area contributed by atoms with Gasteiger partial charge in [-0.2, -0.15) is 0 Å². The second-order valence-corrected chi connectivity index (χ2v) is 8.87. The number of aryl methyl sites for hydroxylation is 2. The Labute approximate surface area is 179 Å². The van der Waals surface area contributed by atoms with Gasteiger partial charge in [-0.3, -0.25) is 4.79 Å². The summed E-state index contributed by atoms with van der Waals surface area (Å²) in [5.41, 5.74) is 3.70. The molecular weight excluding hydrogens is 400 g/mol. The lowest BCUT2D eigenvalue weighted by atomic mass is 9.79. The quantitative estimate of drug-likeness (QED) is 0.412. The maximum absolute atomic E-state index is 13.3. The lowest BCUT2D eigenvalue weighted by molar-refractivity contribution is -0.152. The van der Waals surface area contributed by atoms with E-state index in [0.29, 0.717) is 16.2 Å².